The maximum absolute atomic E-state index is 10.8. The Morgan fingerprint density at radius 1 is 1.58 bits per heavy atom. The van der Waals surface area contributed by atoms with Crippen molar-refractivity contribution in [2.45, 2.75) is 0 Å². The van der Waals surface area contributed by atoms with Crippen molar-refractivity contribution in [3.8, 4) is 0 Å². The second kappa shape index (κ2) is 3.71. The molecule has 0 saturated carbocycles. The van der Waals surface area contributed by atoms with E-state index in [4.69, 9.17) is 0 Å². The first kappa shape index (κ1) is 8.52. The third-order valence-corrected chi connectivity index (χ3v) is 1.20. The van der Waals surface area contributed by atoms with Gasteiger partial charge in [0, 0.05) is 26.4 Å². The molecule has 0 saturated heterocycles. The summed E-state index contributed by atoms with van der Waals surface area (Å²) in [5.41, 5.74) is 0.524. The number of hydrogen-bond donors (Lipinski definition) is 1. The van der Waals surface area contributed by atoms with E-state index in [9.17, 15) is 4.79 Å². The first-order chi connectivity index (χ1) is 5.68. The van der Waals surface area contributed by atoms with Crippen molar-refractivity contribution in [2.75, 3.05) is 14.1 Å². The molecule has 0 radical (unpaired) electrons. The largest absolute Gasteiger partial charge is 0.369 e. The van der Waals surface area contributed by atoms with Crippen LogP contribution in [-0.2, 0) is 0 Å². The molecule has 1 heterocycles. The van der Waals surface area contributed by atoms with Crippen LogP contribution < -0.4 is 5.56 Å². The summed E-state index contributed by atoms with van der Waals surface area (Å²) in [6.07, 6.45) is 3.22. The Kier molecular flexibility index (Phi) is 2.63. The molecule has 1 aromatic heterocycles. The highest BCUT2D eigenvalue weighted by atomic mass is 16.1. The summed E-state index contributed by atoms with van der Waals surface area (Å²) < 4.78 is 0. The van der Waals surface area contributed by atoms with Crippen molar-refractivity contribution < 1.29 is 0 Å². The number of rotatable bonds is 2. The Morgan fingerprint density at radius 3 is 2.92 bits per heavy atom. The third kappa shape index (κ3) is 2.57. The SMILES string of the molecule is CN(C)/C=N\c1cc[nH]c(=O)c1. The lowest BCUT2D eigenvalue weighted by Gasteiger charge is -2.01. The van der Waals surface area contributed by atoms with E-state index in [1.807, 2.05) is 14.1 Å². The van der Waals surface area contributed by atoms with E-state index >= 15 is 0 Å². The number of aromatic amines is 1. The molecular formula is C8H11N3O. The molecule has 0 spiro atoms. The number of pyridine rings is 1. The Labute approximate surface area is 70.6 Å². The zero-order valence-electron chi connectivity index (χ0n) is 7.11. The van der Waals surface area contributed by atoms with Crippen LogP contribution in [0.15, 0.2) is 28.1 Å². The van der Waals surface area contributed by atoms with Crippen LogP contribution in [0.5, 0.6) is 0 Å². The highest BCUT2D eigenvalue weighted by Gasteiger charge is 1.87. The molecule has 0 aliphatic rings. The van der Waals surface area contributed by atoms with Gasteiger partial charge in [-0.2, -0.15) is 0 Å². The van der Waals surface area contributed by atoms with Crippen molar-refractivity contribution in [2.24, 2.45) is 4.99 Å². The summed E-state index contributed by atoms with van der Waals surface area (Å²) in [5.74, 6) is 0. The van der Waals surface area contributed by atoms with Crippen LogP contribution in [0, 0.1) is 0 Å². The van der Waals surface area contributed by atoms with Gasteiger partial charge in [-0.25, -0.2) is 4.99 Å². The number of aromatic nitrogens is 1. The molecule has 0 amide bonds. The lowest BCUT2D eigenvalue weighted by Crippen LogP contribution is -2.07. The minimum absolute atomic E-state index is 0.136. The van der Waals surface area contributed by atoms with Gasteiger partial charge in [-0.1, -0.05) is 0 Å². The molecule has 0 aliphatic carbocycles. The molecular weight excluding hydrogens is 154 g/mol. The Bertz CT molecular complexity index is 327. The smallest absolute Gasteiger partial charge is 0.250 e. The third-order valence-electron chi connectivity index (χ3n) is 1.20. The molecule has 1 aromatic rings. The fourth-order valence-corrected chi connectivity index (χ4v) is 0.696. The highest BCUT2D eigenvalue weighted by molar-refractivity contribution is 5.60. The van der Waals surface area contributed by atoms with Crippen LogP contribution >= 0.6 is 0 Å². The summed E-state index contributed by atoms with van der Waals surface area (Å²) in [4.78, 5) is 19.2. The molecule has 0 fully saturated rings. The van der Waals surface area contributed by atoms with E-state index < -0.39 is 0 Å². The predicted molar refractivity (Wildman–Crippen MR) is 48.9 cm³/mol. The van der Waals surface area contributed by atoms with Crippen molar-refractivity contribution in [3.05, 3.63) is 28.7 Å². The molecule has 64 valence electrons. The lowest BCUT2D eigenvalue weighted by atomic mass is 10.4. The Morgan fingerprint density at radius 2 is 2.33 bits per heavy atom. The van der Waals surface area contributed by atoms with Gasteiger partial charge in [0.2, 0.25) is 5.56 Å². The second-order valence-electron chi connectivity index (χ2n) is 2.62. The summed E-state index contributed by atoms with van der Waals surface area (Å²) in [5, 5.41) is 0. The van der Waals surface area contributed by atoms with Crippen LogP contribution in [-0.4, -0.2) is 30.3 Å². The summed E-state index contributed by atoms with van der Waals surface area (Å²) in [7, 11) is 3.74. The fraction of sp³-hybridized carbons (Fsp3) is 0.250. The van der Waals surface area contributed by atoms with Gasteiger partial charge in [0.25, 0.3) is 0 Å². The monoisotopic (exact) mass is 165 g/mol. The van der Waals surface area contributed by atoms with Gasteiger partial charge >= 0.3 is 0 Å². The second-order valence-corrected chi connectivity index (χ2v) is 2.62. The fourth-order valence-electron chi connectivity index (χ4n) is 0.696. The van der Waals surface area contributed by atoms with Gasteiger partial charge in [0.1, 0.15) is 0 Å². The van der Waals surface area contributed by atoms with Gasteiger partial charge in [0.05, 0.1) is 12.0 Å². The summed E-state index contributed by atoms with van der Waals surface area (Å²) in [6.45, 7) is 0. The molecule has 4 heteroatoms. The number of nitrogens with zero attached hydrogens (tertiary/aromatic N) is 2. The molecule has 1 N–H and O–H groups in total. The van der Waals surface area contributed by atoms with E-state index in [2.05, 4.69) is 9.98 Å². The minimum atomic E-state index is -0.136. The topological polar surface area (TPSA) is 48.5 Å². The molecule has 1 rings (SSSR count). The average Bonchev–Trinajstić information content (AvgIpc) is 2.01. The maximum Gasteiger partial charge on any atom is 0.250 e. The van der Waals surface area contributed by atoms with Crippen molar-refractivity contribution in [3.63, 3.8) is 0 Å². The van der Waals surface area contributed by atoms with Crippen LogP contribution in [0.2, 0.25) is 0 Å². The molecule has 0 aliphatic heterocycles. The lowest BCUT2D eigenvalue weighted by molar-refractivity contribution is 0.643. The minimum Gasteiger partial charge on any atom is -0.369 e. The zero-order chi connectivity index (χ0) is 8.97. The van der Waals surface area contributed by atoms with Gasteiger partial charge < -0.3 is 9.88 Å². The normalized spacial score (nSPS) is 10.5. The Balaban J connectivity index is 2.83. The van der Waals surface area contributed by atoms with Crippen LogP contribution in [0.25, 0.3) is 0 Å². The number of nitrogens with one attached hydrogen (secondary N) is 1. The first-order valence-corrected chi connectivity index (χ1v) is 3.58. The predicted octanol–water partition coefficient (Wildman–Crippen LogP) is 0.596. The maximum atomic E-state index is 10.8. The van der Waals surface area contributed by atoms with Crippen molar-refractivity contribution >= 4 is 12.0 Å². The number of H-pyrrole nitrogens is 1. The van der Waals surface area contributed by atoms with Crippen LogP contribution in [0.4, 0.5) is 5.69 Å². The molecule has 12 heavy (non-hydrogen) atoms. The summed E-state index contributed by atoms with van der Waals surface area (Å²) >= 11 is 0. The zero-order valence-corrected chi connectivity index (χ0v) is 7.11. The molecule has 4 nitrogen and oxygen atoms in total. The van der Waals surface area contributed by atoms with Crippen LogP contribution in [0.1, 0.15) is 0 Å². The molecule has 0 atom stereocenters. The van der Waals surface area contributed by atoms with E-state index in [1.165, 1.54) is 6.07 Å². The summed E-state index contributed by atoms with van der Waals surface area (Å²) in [6, 6.07) is 3.18. The number of hydrogen-bond acceptors (Lipinski definition) is 2. The Hall–Kier alpha value is -1.58. The van der Waals surface area contributed by atoms with Crippen molar-refractivity contribution in [1.29, 1.82) is 0 Å². The molecule has 0 unspecified atom stereocenters. The standard InChI is InChI=1S/C8H11N3O/c1-11(2)6-10-7-3-4-9-8(12)5-7/h3-6H,1-2H3,(H,9,12)/b10-6-. The van der Waals surface area contributed by atoms with E-state index in [0.29, 0.717) is 5.69 Å². The van der Waals surface area contributed by atoms with E-state index in [1.54, 1.807) is 23.5 Å². The average molecular weight is 165 g/mol. The highest BCUT2D eigenvalue weighted by Crippen LogP contribution is 2.03. The quantitative estimate of drug-likeness (QED) is 0.515. The van der Waals surface area contributed by atoms with Gasteiger partial charge in [0.15, 0.2) is 0 Å². The molecule has 0 bridgehead atoms. The number of aliphatic imine (C=N–C) groups is 1. The van der Waals surface area contributed by atoms with Crippen molar-refractivity contribution in [1.82, 2.24) is 9.88 Å². The van der Waals surface area contributed by atoms with Crippen LogP contribution in [0.3, 0.4) is 0 Å². The first-order valence-electron chi connectivity index (χ1n) is 3.58. The van der Waals surface area contributed by atoms with Gasteiger partial charge in [-0.15, -0.1) is 0 Å². The van der Waals surface area contributed by atoms with Gasteiger partial charge in [-0.3, -0.25) is 4.79 Å². The molecule has 0 aromatic carbocycles. The van der Waals surface area contributed by atoms with E-state index in [0.717, 1.165) is 0 Å². The van der Waals surface area contributed by atoms with Gasteiger partial charge in [-0.05, 0) is 6.07 Å². The van der Waals surface area contributed by atoms with E-state index in [-0.39, 0.29) is 5.56 Å².